The molecule has 0 radical (unpaired) electrons. The van der Waals surface area contributed by atoms with Gasteiger partial charge in [0.2, 0.25) is 5.91 Å². The van der Waals surface area contributed by atoms with Gasteiger partial charge in [0.1, 0.15) is 0 Å². The number of hydrogen-bond acceptors (Lipinski definition) is 2. The molecule has 5 heteroatoms. The van der Waals surface area contributed by atoms with Gasteiger partial charge in [-0.3, -0.25) is 14.5 Å². The summed E-state index contributed by atoms with van der Waals surface area (Å²) in [4.78, 5) is 27.5. The molecule has 1 heterocycles. The van der Waals surface area contributed by atoms with Crippen LogP contribution in [-0.4, -0.2) is 23.4 Å². The van der Waals surface area contributed by atoms with Crippen LogP contribution in [0.1, 0.15) is 37.7 Å². The number of amides is 2. The summed E-state index contributed by atoms with van der Waals surface area (Å²) >= 11 is 6.01. The average Bonchev–Trinajstić information content (AvgIpc) is 3.20. The number of nitrogens with zero attached hydrogens (tertiary/aromatic N) is 1. The highest BCUT2D eigenvalue weighted by Gasteiger charge is 2.55. The zero-order chi connectivity index (χ0) is 19.6. The second-order valence-electron chi connectivity index (χ2n) is 7.51. The molecule has 1 saturated heterocycles. The Labute approximate surface area is 170 Å². The van der Waals surface area contributed by atoms with Crippen molar-refractivity contribution in [1.82, 2.24) is 5.32 Å². The van der Waals surface area contributed by atoms with E-state index < -0.39 is 5.54 Å². The third-order valence-corrected chi connectivity index (χ3v) is 5.84. The number of rotatable bonds is 5. The SMILES string of the molecule is O=C1C[C@](/C=C/c2ccccc2)(C(=O)NC2CCCC2)N1c1ccc(Cl)cc1. The summed E-state index contributed by atoms with van der Waals surface area (Å²) in [7, 11) is 0. The van der Waals surface area contributed by atoms with Crippen LogP contribution in [0.25, 0.3) is 6.08 Å². The first-order valence-corrected chi connectivity index (χ1v) is 10.1. The highest BCUT2D eigenvalue weighted by molar-refractivity contribution is 6.30. The Kier molecular flexibility index (Phi) is 5.23. The van der Waals surface area contributed by atoms with Crippen molar-refractivity contribution in [2.45, 2.75) is 43.7 Å². The van der Waals surface area contributed by atoms with Crippen LogP contribution in [0, 0.1) is 0 Å². The third-order valence-electron chi connectivity index (χ3n) is 5.59. The standard InChI is InChI=1S/C23H23ClN2O2/c24-18-10-12-20(13-11-18)26-21(27)16-23(26,15-14-17-6-2-1-3-7-17)22(28)25-19-8-4-5-9-19/h1-3,6-7,10-15,19H,4-5,8-9,16H2,(H,25,28)/b15-14+/t23-/m1/s1. The van der Waals surface area contributed by atoms with Crippen molar-refractivity contribution in [1.29, 1.82) is 0 Å². The number of anilines is 1. The average molecular weight is 395 g/mol. The van der Waals surface area contributed by atoms with Gasteiger partial charge in [-0.05, 0) is 48.7 Å². The first kappa shape index (κ1) is 18.8. The quantitative estimate of drug-likeness (QED) is 0.754. The monoisotopic (exact) mass is 394 g/mol. The highest BCUT2D eigenvalue weighted by Crippen LogP contribution is 2.40. The van der Waals surface area contributed by atoms with E-state index in [1.165, 1.54) is 0 Å². The summed E-state index contributed by atoms with van der Waals surface area (Å²) in [6.07, 6.45) is 8.22. The van der Waals surface area contributed by atoms with Crippen molar-refractivity contribution < 1.29 is 9.59 Å². The van der Waals surface area contributed by atoms with Crippen LogP contribution < -0.4 is 10.2 Å². The van der Waals surface area contributed by atoms with Crippen molar-refractivity contribution in [3.8, 4) is 0 Å². The van der Waals surface area contributed by atoms with Crippen LogP contribution in [-0.2, 0) is 9.59 Å². The first-order valence-electron chi connectivity index (χ1n) is 9.72. The molecule has 1 saturated carbocycles. The number of halogens is 1. The van der Waals surface area contributed by atoms with E-state index >= 15 is 0 Å². The molecule has 1 aliphatic heterocycles. The molecular weight excluding hydrogens is 372 g/mol. The van der Waals surface area contributed by atoms with Gasteiger partial charge in [-0.15, -0.1) is 0 Å². The summed E-state index contributed by atoms with van der Waals surface area (Å²) < 4.78 is 0. The fourth-order valence-electron chi connectivity index (χ4n) is 4.05. The Hall–Kier alpha value is -2.59. The lowest BCUT2D eigenvalue weighted by molar-refractivity contribution is -0.137. The molecule has 2 fully saturated rings. The van der Waals surface area contributed by atoms with E-state index in [9.17, 15) is 9.59 Å². The summed E-state index contributed by atoms with van der Waals surface area (Å²) in [6.45, 7) is 0. The van der Waals surface area contributed by atoms with Crippen molar-refractivity contribution in [3.05, 3.63) is 71.3 Å². The van der Waals surface area contributed by atoms with Gasteiger partial charge in [-0.1, -0.05) is 60.9 Å². The molecule has 0 aromatic heterocycles. The van der Waals surface area contributed by atoms with E-state index in [0.29, 0.717) is 10.7 Å². The van der Waals surface area contributed by atoms with Gasteiger partial charge in [-0.2, -0.15) is 0 Å². The van der Waals surface area contributed by atoms with Gasteiger partial charge in [-0.25, -0.2) is 0 Å². The summed E-state index contributed by atoms with van der Waals surface area (Å²) in [5.41, 5.74) is 0.662. The lowest BCUT2D eigenvalue weighted by Crippen LogP contribution is -2.70. The normalized spacial score (nSPS) is 22.5. The second kappa shape index (κ2) is 7.80. The van der Waals surface area contributed by atoms with Gasteiger partial charge in [0.25, 0.3) is 5.91 Å². The molecule has 2 aliphatic rings. The number of hydrogen-bond donors (Lipinski definition) is 1. The highest BCUT2D eigenvalue weighted by atomic mass is 35.5. The summed E-state index contributed by atoms with van der Waals surface area (Å²) in [5, 5.41) is 3.77. The van der Waals surface area contributed by atoms with Gasteiger partial charge >= 0.3 is 0 Å². The molecule has 4 rings (SSSR count). The maximum absolute atomic E-state index is 13.3. The molecule has 1 N–H and O–H groups in total. The molecule has 0 spiro atoms. The second-order valence-corrected chi connectivity index (χ2v) is 7.94. The van der Waals surface area contributed by atoms with Crippen LogP contribution in [0.15, 0.2) is 60.7 Å². The predicted molar refractivity (Wildman–Crippen MR) is 112 cm³/mol. The van der Waals surface area contributed by atoms with Gasteiger partial charge < -0.3 is 5.32 Å². The Morgan fingerprint density at radius 1 is 1.07 bits per heavy atom. The topological polar surface area (TPSA) is 49.4 Å². The Morgan fingerprint density at radius 3 is 2.39 bits per heavy atom. The first-order chi connectivity index (χ1) is 13.6. The van der Waals surface area contributed by atoms with Crippen LogP contribution >= 0.6 is 11.6 Å². The lowest BCUT2D eigenvalue weighted by Gasteiger charge is -2.49. The van der Waals surface area contributed by atoms with Crippen LogP contribution in [0.3, 0.4) is 0 Å². The summed E-state index contributed by atoms with van der Waals surface area (Å²) in [6, 6.07) is 17.1. The predicted octanol–water partition coefficient (Wildman–Crippen LogP) is 4.59. The molecule has 28 heavy (non-hydrogen) atoms. The van der Waals surface area contributed by atoms with E-state index in [4.69, 9.17) is 11.6 Å². The molecule has 1 atom stereocenters. The molecule has 2 aromatic carbocycles. The largest absolute Gasteiger partial charge is 0.351 e. The zero-order valence-electron chi connectivity index (χ0n) is 15.6. The van der Waals surface area contributed by atoms with Crippen molar-refractivity contribution in [3.63, 3.8) is 0 Å². The fraction of sp³-hybridized carbons (Fsp3) is 0.304. The minimum absolute atomic E-state index is 0.0680. The fourth-order valence-corrected chi connectivity index (χ4v) is 4.18. The Morgan fingerprint density at radius 2 is 1.75 bits per heavy atom. The van der Waals surface area contributed by atoms with Gasteiger partial charge in [0.05, 0.1) is 6.42 Å². The van der Waals surface area contributed by atoms with E-state index in [1.807, 2.05) is 42.5 Å². The third kappa shape index (κ3) is 3.57. The van der Waals surface area contributed by atoms with E-state index in [-0.39, 0.29) is 24.3 Å². The number of nitrogens with one attached hydrogen (secondary N) is 1. The molecule has 144 valence electrons. The number of β-lactam (4-membered cyclic amide) rings is 1. The molecule has 2 aromatic rings. The maximum atomic E-state index is 13.3. The molecule has 1 aliphatic carbocycles. The van der Waals surface area contributed by atoms with Crippen molar-refractivity contribution >= 4 is 35.2 Å². The lowest BCUT2D eigenvalue weighted by atomic mass is 9.80. The molecule has 0 bridgehead atoms. The van der Waals surface area contributed by atoms with Crippen molar-refractivity contribution in [2.24, 2.45) is 0 Å². The number of benzene rings is 2. The van der Waals surface area contributed by atoms with Gasteiger partial charge in [0, 0.05) is 16.8 Å². The minimum Gasteiger partial charge on any atom is -0.351 e. The number of carbonyl (C=O) groups excluding carboxylic acids is 2. The van der Waals surface area contributed by atoms with Crippen molar-refractivity contribution in [2.75, 3.05) is 4.90 Å². The maximum Gasteiger partial charge on any atom is 0.251 e. The number of carbonyl (C=O) groups is 2. The molecular formula is C23H23ClN2O2. The van der Waals surface area contributed by atoms with E-state index in [1.54, 1.807) is 29.2 Å². The van der Waals surface area contributed by atoms with Crippen LogP contribution in [0.4, 0.5) is 5.69 Å². The molecule has 0 unspecified atom stereocenters. The van der Waals surface area contributed by atoms with Crippen LogP contribution in [0.5, 0.6) is 0 Å². The smallest absolute Gasteiger partial charge is 0.251 e. The summed E-state index contributed by atoms with van der Waals surface area (Å²) in [5.74, 6) is -0.178. The zero-order valence-corrected chi connectivity index (χ0v) is 16.4. The molecule has 4 nitrogen and oxygen atoms in total. The van der Waals surface area contributed by atoms with E-state index in [0.717, 1.165) is 31.2 Å². The van der Waals surface area contributed by atoms with E-state index in [2.05, 4.69) is 5.32 Å². The Bertz CT molecular complexity index is 889. The Balaban J connectivity index is 1.68. The molecule has 2 amide bonds. The minimum atomic E-state index is -1.01. The van der Waals surface area contributed by atoms with Gasteiger partial charge in [0.15, 0.2) is 5.54 Å². The van der Waals surface area contributed by atoms with Crippen LogP contribution in [0.2, 0.25) is 5.02 Å².